The van der Waals surface area contributed by atoms with E-state index >= 15 is 0 Å². The smallest absolute Gasteiger partial charge is 0.0540 e. The molecular formula is C54H53NS. The fourth-order valence-corrected chi connectivity index (χ4v) is 13.8. The van der Waals surface area contributed by atoms with Crippen LogP contribution in [0.3, 0.4) is 0 Å². The molecule has 0 radical (unpaired) electrons. The maximum Gasteiger partial charge on any atom is 0.0540 e. The summed E-state index contributed by atoms with van der Waals surface area (Å²) in [6.07, 6.45) is 9.46. The van der Waals surface area contributed by atoms with Crippen LogP contribution in [0.4, 0.5) is 17.1 Å². The number of hydrogen-bond donors (Lipinski definition) is 0. The van der Waals surface area contributed by atoms with E-state index in [9.17, 15) is 0 Å². The molecule has 56 heavy (non-hydrogen) atoms. The molecule has 6 aromatic rings. The second kappa shape index (κ2) is 12.7. The Morgan fingerprint density at radius 2 is 1.07 bits per heavy atom. The van der Waals surface area contributed by atoms with E-state index < -0.39 is 0 Å². The van der Waals surface area contributed by atoms with E-state index in [1.165, 1.54) is 105 Å². The van der Waals surface area contributed by atoms with Crippen LogP contribution in [0.1, 0.15) is 94.9 Å². The van der Waals surface area contributed by atoms with Crippen molar-refractivity contribution in [3.05, 3.63) is 162 Å². The van der Waals surface area contributed by atoms with Gasteiger partial charge in [-0.25, -0.2) is 0 Å². The number of anilines is 3. The molecule has 1 heterocycles. The van der Waals surface area contributed by atoms with Crippen LogP contribution in [0, 0.1) is 23.7 Å². The van der Waals surface area contributed by atoms with Crippen molar-refractivity contribution in [3.8, 4) is 22.3 Å². The maximum absolute atomic E-state index is 2.64. The van der Waals surface area contributed by atoms with E-state index in [4.69, 9.17) is 0 Å². The third kappa shape index (κ3) is 5.27. The van der Waals surface area contributed by atoms with E-state index in [2.05, 4.69) is 172 Å². The van der Waals surface area contributed by atoms with Crippen molar-refractivity contribution in [2.24, 2.45) is 23.7 Å². The highest BCUT2D eigenvalue weighted by Gasteiger charge is 2.60. The molecule has 280 valence electrons. The molecule has 2 heteroatoms. The summed E-state index contributed by atoms with van der Waals surface area (Å²) in [6.45, 7) is 9.69. The third-order valence-corrected chi connectivity index (χ3v) is 16.3. The first-order chi connectivity index (χ1) is 27.2. The first-order valence-corrected chi connectivity index (χ1v) is 22.1. The zero-order chi connectivity index (χ0) is 37.8. The summed E-state index contributed by atoms with van der Waals surface area (Å²) >= 11 is 2.00. The van der Waals surface area contributed by atoms with E-state index in [1.807, 2.05) is 11.8 Å². The number of fused-ring (bicyclic) bond motifs is 3. The lowest BCUT2D eigenvalue weighted by Gasteiger charge is -2.63. The lowest BCUT2D eigenvalue weighted by atomic mass is 9.42. The van der Waals surface area contributed by atoms with Gasteiger partial charge in [0.25, 0.3) is 0 Å². The molecule has 1 nitrogen and oxygen atoms in total. The van der Waals surface area contributed by atoms with Crippen LogP contribution in [0.5, 0.6) is 0 Å². The molecule has 0 N–H and O–H groups in total. The fraction of sp³-hybridized carbons (Fsp3) is 0.333. The van der Waals surface area contributed by atoms with Crippen LogP contribution in [-0.4, -0.2) is 0 Å². The van der Waals surface area contributed by atoms with Gasteiger partial charge in [0.05, 0.1) is 5.69 Å². The number of benzene rings is 6. The van der Waals surface area contributed by atoms with Crippen molar-refractivity contribution in [1.82, 2.24) is 0 Å². The zero-order valence-electron chi connectivity index (χ0n) is 33.4. The van der Waals surface area contributed by atoms with Gasteiger partial charge in [0.1, 0.15) is 0 Å². The Bertz CT molecular complexity index is 2440. The summed E-state index contributed by atoms with van der Waals surface area (Å²) in [6, 6.07) is 53.7. The highest BCUT2D eigenvalue weighted by molar-refractivity contribution is 7.99. The van der Waals surface area contributed by atoms with Gasteiger partial charge in [0.15, 0.2) is 0 Å². The average molecular weight is 748 g/mol. The van der Waals surface area contributed by atoms with Crippen molar-refractivity contribution in [1.29, 1.82) is 0 Å². The summed E-state index contributed by atoms with van der Waals surface area (Å²) < 4.78 is 0. The van der Waals surface area contributed by atoms with Crippen LogP contribution < -0.4 is 4.90 Å². The summed E-state index contributed by atoms with van der Waals surface area (Å²) in [5, 5.41) is 0. The summed E-state index contributed by atoms with van der Waals surface area (Å²) in [5.74, 6) is 3.26. The van der Waals surface area contributed by atoms with Crippen LogP contribution >= 0.6 is 11.8 Å². The predicted octanol–water partition coefficient (Wildman–Crippen LogP) is 15.0. The highest BCUT2D eigenvalue weighted by Crippen LogP contribution is 2.69. The Labute approximate surface area is 338 Å². The number of nitrogens with zero attached hydrogens (tertiary/aromatic N) is 1. The lowest BCUT2D eigenvalue weighted by molar-refractivity contribution is -0.0443. The Kier molecular flexibility index (Phi) is 7.89. The number of para-hydroxylation sites is 1. The summed E-state index contributed by atoms with van der Waals surface area (Å²) in [7, 11) is 0. The number of rotatable bonds is 5. The highest BCUT2D eigenvalue weighted by atomic mass is 32.2. The molecule has 4 saturated carbocycles. The van der Waals surface area contributed by atoms with Crippen molar-refractivity contribution in [2.45, 2.75) is 98.7 Å². The minimum atomic E-state index is 0.0872. The Hall–Kier alpha value is -4.53. The topological polar surface area (TPSA) is 3.24 Å². The van der Waals surface area contributed by atoms with Crippen molar-refractivity contribution >= 4 is 28.8 Å². The van der Waals surface area contributed by atoms with Gasteiger partial charge in [-0.1, -0.05) is 137 Å². The monoisotopic (exact) mass is 747 g/mol. The second-order valence-electron chi connectivity index (χ2n) is 19.2. The van der Waals surface area contributed by atoms with Crippen LogP contribution in [0.25, 0.3) is 22.3 Å². The average Bonchev–Trinajstić information content (AvgIpc) is 3.22. The van der Waals surface area contributed by atoms with E-state index in [1.54, 1.807) is 11.1 Å². The van der Waals surface area contributed by atoms with E-state index in [-0.39, 0.29) is 16.2 Å². The van der Waals surface area contributed by atoms with Crippen molar-refractivity contribution in [2.75, 3.05) is 4.90 Å². The molecule has 6 aromatic carbocycles. The van der Waals surface area contributed by atoms with Gasteiger partial charge in [0.2, 0.25) is 0 Å². The van der Waals surface area contributed by atoms with Gasteiger partial charge in [0, 0.05) is 32.1 Å². The van der Waals surface area contributed by atoms with Crippen LogP contribution in [0.2, 0.25) is 0 Å². The SMILES string of the molecule is CC1(C)CCC(C)(C)c2cc(-c3ccc(N(c4ccc5c(c4)C4(c6ccccc6S5)C5CC6CC(C5)CC4C6)c4ccccc4-c4ccccc4)cc3)ccc21. The lowest BCUT2D eigenvalue weighted by Crippen LogP contribution is -2.57. The normalized spacial score (nSPS) is 26.0. The third-order valence-electron chi connectivity index (χ3n) is 15.2. The molecule has 1 aliphatic heterocycles. The molecule has 4 bridgehead atoms. The fourth-order valence-electron chi connectivity index (χ4n) is 12.6. The first kappa shape index (κ1) is 34.7. The molecule has 6 aliphatic rings. The molecule has 0 atom stereocenters. The number of hydrogen-bond acceptors (Lipinski definition) is 2. The largest absolute Gasteiger partial charge is 0.310 e. The minimum Gasteiger partial charge on any atom is -0.310 e. The first-order valence-electron chi connectivity index (χ1n) is 21.3. The molecule has 0 amide bonds. The molecule has 1 spiro atoms. The molecule has 5 aliphatic carbocycles. The molecule has 0 aromatic heterocycles. The predicted molar refractivity (Wildman–Crippen MR) is 236 cm³/mol. The van der Waals surface area contributed by atoms with E-state index in [0.29, 0.717) is 11.8 Å². The standard InChI is InChI=1S/C54H53NS/c1-52(2)26-27-53(3,4)47-33-39(20-24-45(47)52)37-18-21-42(22-19-37)55(49-16-10-8-14-44(49)38-12-6-5-7-13-38)43-23-25-51-48(34-43)54(46-15-9-11-17-50(46)56-51)40-29-35-28-36(31-40)32-41(54)30-35/h5-25,33-36,40-41H,26-32H2,1-4H3. The zero-order valence-corrected chi connectivity index (χ0v) is 34.2. The molecule has 0 saturated heterocycles. The molecular weight excluding hydrogens is 695 g/mol. The Morgan fingerprint density at radius 1 is 0.464 bits per heavy atom. The van der Waals surface area contributed by atoms with Gasteiger partial charge < -0.3 is 4.90 Å². The summed E-state index contributed by atoms with van der Waals surface area (Å²) in [5.41, 5.74) is 15.5. The van der Waals surface area contributed by atoms with Gasteiger partial charge in [-0.15, -0.1) is 0 Å². The van der Waals surface area contributed by atoms with Crippen LogP contribution in [0.15, 0.2) is 149 Å². The molecule has 4 fully saturated rings. The van der Waals surface area contributed by atoms with Gasteiger partial charge in [-0.2, -0.15) is 0 Å². The minimum absolute atomic E-state index is 0.0872. The second-order valence-corrected chi connectivity index (χ2v) is 20.3. The Morgan fingerprint density at radius 3 is 1.82 bits per heavy atom. The quantitative estimate of drug-likeness (QED) is 0.173. The molecule has 0 unspecified atom stereocenters. The molecule has 12 rings (SSSR count). The van der Waals surface area contributed by atoms with Crippen LogP contribution in [-0.2, 0) is 16.2 Å². The van der Waals surface area contributed by atoms with Gasteiger partial charge >= 0.3 is 0 Å². The van der Waals surface area contributed by atoms with Gasteiger partial charge in [-0.3, -0.25) is 0 Å². The Balaban J connectivity index is 1.07. The van der Waals surface area contributed by atoms with Gasteiger partial charge in [-0.05, 0) is 161 Å². The van der Waals surface area contributed by atoms with Crippen molar-refractivity contribution in [3.63, 3.8) is 0 Å². The van der Waals surface area contributed by atoms with Crippen molar-refractivity contribution < 1.29 is 0 Å². The summed E-state index contributed by atoms with van der Waals surface area (Å²) in [4.78, 5) is 5.50. The maximum atomic E-state index is 2.64. The van der Waals surface area contributed by atoms with E-state index in [0.717, 1.165) is 11.8 Å².